The van der Waals surface area contributed by atoms with Crippen molar-refractivity contribution in [2.75, 3.05) is 25.0 Å². The Labute approximate surface area is 170 Å². The first-order chi connectivity index (χ1) is 13.2. The Morgan fingerprint density at radius 1 is 1.18 bits per heavy atom. The van der Waals surface area contributed by atoms with E-state index < -0.39 is 0 Å². The minimum absolute atomic E-state index is 0. The molecule has 1 atom stereocenters. The zero-order chi connectivity index (χ0) is 18.6. The monoisotopic (exact) mass is 398 g/mol. The number of ether oxygens (including phenoxy) is 1. The van der Waals surface area contributed by atoms with Gasteiger partial charge in [0.15, 0.2) is 5.69 Å². The highest BCUT2D eigenvalue weighted by Gasteiger charge is 2.17. The van der Waals surface area contributed by atoms with Gasteiger partial charge in [-0.15, -0.1) is 12.4 Å². The molecule has 1 fully saturated rings. The molecule has 28 heavy (non-hydrogen) atoms. The second-order valence-corrected chi connectivity index (χ2v) is 6.54. The Hall–Kier alpha value is -2.67. The van der Waals surface area contributed by atoms with Crippen LogP contribution in [0.2, 0.25) is 0 Å². The largest absolute Gasteiger partial charge is 0.371 e. The van der Waals surface area contributed by atoms with Crippen molar-refractivity contribution in [2.45, 2.75) is 6.10 Å². The summed E-state index contributed by atoms with van der Waals surface area (Å²) in [5, 5.41) is 10.6. The number of benzene rings is 2. The van der Waals surface area contributed by atoms with Gasteiger partial charge >= 0.3 is 0 Å². The van der Waals surface area contributed by atoms with Crippen molar-refractivity contribution in [3.8, 4) is 11.3 Å². The summed E-state index contributed by atoms with van der Waals surface area (Å²) in [4.78, 5) is 12.6. The summed E-state index contributed by atoms with van der Waals surface area (Å²) in [7, 11) is 1.84. The van der Waals surface area contributed by atoms with Crippen LogP contribution in [0.1, 0.15) is 22.2 Å². The van der Waals surface area contributed by atoms with E-state index in [1.165, 1.54) is 0 Å². The first-order valence-corrected chi connectivity index (χ1v) is 9.04. The maximum atomic E-state index is 12.6. The van der Waals surface area contributed by atoms with Crippen molar-refractivity contribution in [1.82, 2.24) is 15.1 Å². The fraction of sp³-hybridized carbons (Fsp3) is 0.238. The van der Waals surface area contributed by atoms with Crippen molar-refractivity contribution >= 4 is 24.0 Å². The van der Waals surface area contributed by atoms with Gasteiger partial charge < -0.3 is 15.4 Å². The molecule has 1 aromatic heterocycles. The number of carbonyl (C=O) groups is 1. The van der Waals surface area contributed by atoms with Gasteiger partial charge in [-0.25, -0.2) is 0 Å². The predicted octanol–water partition coefficient (Wildman–Crippen LogP) is 3.42. The second kappa shape index (κ2) is 9.01. The van der Waals surface area contributed by atoms with Gasteiger partial charge in [0.25, 0.3) is 5.91 Å². The standard InChI is InChI=1S/C21H22N4O2.ClH/c1-25-19(15-5-3-2-4-6-15)13-18(24-25)21(26)23-17-9-7-16(8-10-17)20-14-22-11-12-27-20;/h2-10,13,20,22H,11-12,14H2,1H3,(H,23,26);1H/t20-;/m1./s1. The van der Waals surface area contributed by atoms with E-state index in [9.17, 15) is 4.79 Å². The molecule has 2 N–H and O–H groups in total. The third-order valence-corrected chi connectivity index (χ3v) is 4.65. The summed E-state index contributed by atoms with van der Waals surface area (Å²) in [6.45, 7) is 2.41. The summed E-state index contributed by atoms with van der Waals surface area (Å²) in [5.41, 5.74) is 4.15. The number of morpholine rings is 1. The smallest absolute Gasteiger partial charge is 0.276 e. The van der Waals surface area contributed by atoms with E-state index in [1.807, 2.05) is 61.6 Å². The van der Waals surface area contributed by atoms with Gasteiger partial charge in [0.1, 0.15) is 0 Å². The molecule has 0 radical (unpaired) electrons. The van der Waals surface area contributed by atoms with E-state index in [2.05, 4.69) is 15.7 Å². The fourth-order valence-corrected chi connectivity index (χ4v) is 3.21. The number of anilines is 1. The van der Waals surface area contributed by atoms with E-state index >= 15 is 0 Å². The number of aromatic nitrogens is 2. The number of aryl methyl sites for hydroxylation is 1. The van der Waals surface area contributed by atoms with Gasteiger partial charge in [0, 0.05) is 25.8 Å². The van der Waals surface area contributed by atoms with Crippen molar-refractivity contribution in [3.63, 3.8) is 0 Å². The van der Waals surface area contributed by atoms with Crippen LogP contribution >= 0.6 is 12.4 Å². The van der Waals surface area contributed by atoms with Crippen molar-refractivity contribution in [3.05, 3.63) is 71.9 Å². The topological polar surface area (TPSA) is 68.2 Å². The van der Waals surface area contributed by atoms with Crippen LogP contribution in [-0.4, -0.2) is 35.4 Å². The number of rotatable bonds is 4. The lowest BCUT2D eigenvalue weighted by molar-refractivity contribution is 0.0277. The zero-order valence-electron chi connectivity index (χ0n) is 15.6. The summed E-state index contributed by atoms with van der Waals surface area (Å²) >= 11 is 0. The van der Waals surface area contributed by atoms with E-state index in [1.54, 1.807) is 10.7 Å². The summed E-state index contributed by atoms with van der Waals surface area (Å²) in [5.74, 6) is -0.226. The van der Waals surface area contributed by atoms with Gasteiger partial charge in [-0.3, -0.25) is 9.48 Å². The molecule has 0 bridgehead atoms. The second-order valence-electron chi connectivity index (χ2n) is 6.54. The van der Waals surface area contributed by atoms with Crippen LogP contribution in [0.5, 0.6) is 0 Å². The molecule has 7 heteroatoms. The van der Waals surface area contributed by atoms with Crippen LogP contribution in [0.25, 0.3) is 11.3 Å². The number of halogens is 1. The molecule has 1 amide bonds. The van der Waals surface area contributed by atoms with E-state index in [0.29, 0.717) is 12.3 Å². The maximum absolute atomic E-state index is 12.6. The lowest BCUT2D eigenvalue weighted by Crippen LogP contribution is -2.33. The van der Waals surface area contributed by atoms with Gasteiger partial charge in [0.05, 0.1) is 18.4 Å². The summed E-state index contributed by atoms with van der Waals surface area (Å²) in [6, 6.07) is 19.5. The van der Waals surface area contributed by atoms with E-state index in [-0.39, 0.29) is 24.4 Å². The quantitative estimate of drug-likeness (QED) is 0.706. The molecular formula is C21H23ClN4O2. The first-order valence-electron chi connectivity index (χ1n) is 9.04. The fourth-order valence-electron chi connectivity index (χ4n) is 3.21. The van der Waals surface area contributed by atoms with Crippen LogP contribution in [0, 0.1) is 0 Å². The van der Waals surface area contributed by atoms with E-state index in [0.717, 1.165) is 35.6 Å². The molecule has 3 aromatic rings. The number of nitrogens with zero attached hydrogens (tertiary/aromatic N) is 2. The Kier molecular flexibility index (Phi) is 6.46. The van der Waals surface area contributed by atoms with Crippen molar-refractivity contribution in [2.24, 2.45) is 7.05 Å². The minimum atomic E-state index is -0.226. The molecular weight excluding hydrogens is 376 g/mol. The van der Waals surface area contributed by atoms with Crippen molar-refractivity contribution in [1.29, 1.82) is 0 Å². The van der Waals surface area contributed by atoms with Crippen LogP contribution in [-0.2, 0) is 11.8 Å². The lowest BCUT2D eigenvalue weighted by Gasteiger charge is -2.24. The van der Waals surface area contributed by atoms with Crippen molar-refractivity contribution < 1.29 is 9.53 Å². The average molecular weight is 399 g/mol. The Bertz CT molecular complexity index is 919. The number of amides is 1. The Morgan fingerprint density at radius 2 is 1.93 bits per heavy atom. The number of carbonyl (C=O) groups excluding carboxylic acids is 1. The normalized spacial score (nSPS) is 16.2. The SMILES string of the molecule is Cl.Cn1nc(C(=O)Nc2ccc([C@H]3CNCCO3)cc2)cc1-c1ccccc1. The summed E-state index contributed by atoms with van der Waals surface area (Å²) < 4.78 is 7.47. The molecule has 146 valence electrons. The van der Waals surface area contributed by atoms with Gasteiger partial charge in [-0.05, 0) is 29.3 Å². The molecule has 0 unspecified atom stereocenters. The third kappa shape index (κ3) is 4.42. The molecule has 1 aliphatic rings. The molecule has 0 aliphatic carbocycles. The number of nitrogens with one attached hydrogen (secondary N) is 2. The molecule has 1 aliphatic heterocycles. The van der Waals surface area contributed by atoms with Crippen LogP contribution < -0.4 is 10.6 Å². The number of hydrogen-bond acceptors (Lipinski definition) is 4. The summed E-state index contributed by atoms with van der Waals surface area (Å²) in [6.07, 6.45) is 0.0627. The minimum Gasteiger partial charge on any atom is -0.371 e. The van der Waals surface area contributed by atoms with Gasteiger partial charge in [-0.1, -0.05) is 42.5 Å². The van der Waals surface area contributed by atoms with Gasteiger partial charge in [-0.2, -0.15) is 5.10 Å². The molecule has 2 heterocycles. The Balaban J connectivity index is 0.00000225. The van der Waals surface area contributed by atoms with Crippen LogP contribution in [0.15, 0.2) is 60.7 Å². The highest BCUT2D eigenvalue weighted by atomic mass is 35.5. The van der Waals surface area contributed by atoms with Crippen LogP contribution in [0.3, 0.4) is 0 Å². The molecule has 4 rings (SSSR count). The third-order valence-electron chi connectivity index (χ3n) is 4.65. The molecule has 0 saturated carbocycles. The lowest BCUT2D eigenvalue weighted by atomic mass is 10.1. The van der Waals surface area contributed by atoms with Gasteiger partial charge in [0.2, 0.25) is 0 Å². The highest BCUT2D eigenvalue weighted by molar-refractivity contribution is 6.03. The number of hydrogen-bond donors (Lipinski definition) is 2. The highest BCUT2D eigenvalue weighted by Crippen LogP contribution is 2.22. The molecule has 1 saturated heterocycles. The zero-order valence-corrected chi connectivity index (χ0v) is 16.4. The molecule has 0 spiro atoms. The molecule has 2 aromatic carbocycles. The Morgan fingerprint density at radius 3 is 2.61 bits per heavy atom. The predicted molar refractivity (Wildman–Crippen MR) is 112 cm³/mol. The maximum Gasteiger partial charge on any atom is 0.276 e. The van der Waals surface area contributed by atoms with Crippen LogP contribution in [0.4, 0.5) is 5.69 Å². The average Bonchev–Trinajstić information content (AvgIpc) is 3.12. The first kappa shape index (κ1) is 20.1. The molecule has 6 nitrogen and oxygen atoms in total. The van der Waals surface area contributed by atoms with E-state index in [4.69, 9.17) is 4.74 Å².